The lowest BCUT2D eigenvalue weighted by molar-refractivity contribution is 0.0746. The van der Waals surface area contributed by atoms with Gasteiger partial charge >= 0.3 is 0 Å². The van der Waals surface area contributed by atoms with Crippen LogP contribution in [0.4, 0.5) is 11.5 Å². The average molecular weight is 383 g/mol. The maximum absolute atomic E-state index is 12.9. The Morgan fingerprint density at radius 3 is 2.54 bits per heavy atom. The number of piperazine rings is 1. The van der Waals surface area contributed by atoms with E-state index in [1.165, 1.54) is 12.8 Å². The van der Waals surface area contributed by atoms with Crippen LogP contribution in [0.3, 0.4) is 0 Å². The molecule has 1 amide bonds. The Labute approximate surface area is 167 Å². The van der Waals surface area contributed by atoms with E-state index >= 15 is 0 Å². The number of methoxy groups -OCH3 is 1. The number of ether oxygens (including phenoxy) is 1. The Morgan fingerprint density at radius 1 is 1.11 bits per heavy atom. The molecule has 0 spiro atoms. The molecule has 1 aromatic carbocycles. The number of aromatic nitrogens is 1. The van der Waals surface area contributed by atoms with E-state index in [2.05, 4.69) is 34.3 Å². The molecule has 1 N–H and O–H groups in total. The number of rotatable bonds is 8. The first-order valence-corrected chi connectivity index (χ1v) is 10.1. The fourth-order valence-electron chi connectivity index (χ4n) is 3.40. The van der Waals surface area contributed by atoms with Gasteiger partial charge in [-0.05, 0) is 42.8 Å². The highest BCUT2D eigenvalue weighted by Gasteiger charge is 2.22. The molecule has 150 valence electrons. The molecule has 2 heterocycles. The van der Waals surface area contributed by atoms with Crippen LogP contribution in [0.15, 0.2) is 42.6 Å². The Morgan fingerprint density at radius 2 is 1.86 bits per heavy atom. The van der Waals surface area contributed by atoms with Gasteiger partial charge in [-0.15, -0.1) is 0 Å². The molecule has 1 aliphatic rings. The fraction of sp³-hybridized carbons (Fsp3) is 0.455. The molecule has 1 aromatic heterocycles. The van der Waals surface area contributed by atoms with Gasteiger partial charge in [-0.1, -0.05) is 19.8 Å². The molecule has 6 heteroatoms. The molecule has 0 aliphatic carbocycles. The van der Waals surface area contributed by atoms with E-state index in [9.17, 15) is 4.79 Å². The third-order valence-corrected chi connectivity index (χ3v) is 5.10. The number of hydrogen-bond donors (Lipinski definition) is 1. The first-order chi connectivity index (χ1) is 13.7. The number of carbonyl (C=O) groups excluding carboxylic acids is 1. The van der Waals surface area contributed by atoms with Crippen molar-refractivity contribution in [3.63, 3.8) is 0 Å². The van der Waals surface area contributed by atoms with Crippen molar-refractivity contribution in [1.29, 1.82) is 0 Å². The summed E-state index contributed by atoms with van der Waals surface area (Å²) in [5, 5.41) is 3.32. The van der Waals surface area contributed by atoms with Crippen LogP contribution >= 0.6 is 0 Å². The van der Waals surface area contributed by atoms with E-state index in [1.807, 2.05) is 23.1 Å². The Bertz CT molecular complexity index is 755. The maximum Gasteiger partial charge on any atom is 0.254 e. The van der Waals surface area contributed by atoms with Gasteiger partial charge in [0.15, 0.2) is 0 Å². The Balaban J connectivity index is 1.54. The number of carbonyl (C=O) groups is 1. The van der Waals surface area contributed by atoms with E-state index in [1.54, 1.807) is 19.4 Å². The van der Waals surface area contributed by atoms with Crippen molar-refractivity contribution in [2.75, 3.05) is 50.1 Å². The smallest absolute Gasteiger partial charge is 0.254 e. The molecular weight excluding hydrogens is 352 g/mol. The van der Waals surface area contributed by atoms with Crippen molar-refractivity contribution in [3.05, 3.63) is 48.2 Å². The molecule has 6 nitrogen and oxygen atoms in total. The van der Waals surface area contributed by atoms with Crippen LogP contribution in [0, 0.1) is 0 Å². The summed E-state index contributed by atoms with van der Waals surface area (Å²) in [5.74, 6) is 1.71. The van der Waals surface area contributed by atoms with Gasteiger partial charge in [0.25, 0.3) is 5.91 Å². The number of benzene rings is 1. The van der Waals surface area contributed by atoms with Gasteiger partial charge in [0, 0.05) is 50.2 Å². The average Bonchev–Trinajstić information content (AvgIpc) is 2.77. The number of pyridine rings is 1. The van der Waals surface area contributed by atoms with Gasteiger partial charge in [0.1, 0.15) is 11.6 Å². The summed E-state index contributed by atoms with van der Waals surface area (Å²) in [6.07, 6.45) is 5.22. The van der Waals surface area contributed by atoms with Crippen LogP contribution in [0.25, 0.3) is 0 Å². The van der Waals surface area contributed by atoms with Crippen LogP contribution < -0.4 is 15.0 Å². The number of hydrogen-bond acceptors (Lipinski definition) is 5. The van der Waals surface area contributed by atoms with Gasteiger partial charge in [0.2, 0.25) is 0 Å². The van der Waals surface area contributed by atoms with Gasteiger partial charge in [-0.25, -0.2) is 4.98 Å². The molecule has 0 radical (unpaired) electrons. The highest BCUT2D eigenvalue weighted by Crippen LogP contribution is 2.21. The summed E-state index contributed by atoms with van der Waals surface area (Å²) in [7, 11) is 1.67. The van der Waals surface area contributed by atoms with Gasteiger partial charge < -0.3 is 19.9 Å². The summed E-state index contributed by atoms with van der Waals surface area (Å²) >= 11 is 0. The molecule has 2 aromatic rings. The Kier molecular flexibility index (Phi) is 7.12. The zero-order chi connectivity index (χ0) is 19.8. The van der Waals surface area contributed by atoms with E-state index in [0.717, 1.165) is 43.3 Å². The van der Waals surface area contributed by atoms with Crippen molar-refractivity contribution >= 4 is 17.4 Å². The predicted octanol–water partition coefficient (Wildman–Crippen LogP) is 3.65. The van der Waals surface area contributed by atoms with E-state index in [4.69, 9.17) is 4.74 Å². The van der Waals surface area contributed by atoms with Crippen molar-refractivity contribution in [2.45, 2.75) is 26.2 Å². The molecule has 0 bridgehead atoms. The highest BCUT2D eigenvalue weighted by molar-refractivity contribution is 5.95. The standard InChI is InChI=1S/C22H30N4O2/c1-3-4-5-11-23-21-17-18(10-12-24-21)22(27)26-15-13-25(14-16-26)19-6-8-20(28-2)9-7-19/h6-10,12,17H,3-5,11,13-16H2,1-2H3,(H,23,24). The first-order valence-electron chi connectivity index (χ1n) is 10.1. The SMILES string of the molecule is CCCCCNc1cc(C(=O)N2CCN(c3ccc(OC)cc3)CC2)ccn1. The van der Waals surface area contributed by atoms with Crippen LogP contribution in [0.2, 0.25) is 0 Å². The quantitative estimate of drug-likeness (QED) is 0.706. The largest absolute Gasteiger partial charge is 0.497 e. The lowest BCUT2D eigenvalue weighted by atomic mass is 10.2. The van der Waals surface area contributed by atoms with E-state index < -0.39 is 0 Å². The lowest BCUT2D eigenvalue weighted by Gasteiger charge is -2.36. The third-order valence-electron chi connectivity index (χ3n) is 5.10. The zero-order valence-corrected chi connectivity index (χ0v) is 16.9. The molecule has 0 saturated carbocycles. The minimum absolute atomic E-state index is 0.0772. The molecule has 1 saturated heterocycles. The number of amides is 1. The van der Waals surface area contributed by atoms with Crippen LogP contribution in [-0.4, -0.2) is 55.6 Å². The highest BCUT2D eigenvalue weighted by atomic mass is 16.5. The number of unbranched alkanes of at least 4 members (excludes halogenated alkanes) is 2. The molecule has 0 unspecified atom stereocenters. The fourth-order valence-corrected chi connectivity index (χ4v) is 3.40. The summed E-state index contributed by atoms with van der Waals surface area (Å²) in [4.78, 5) is 21.4. The molecule has 3 rings (SSSR count). The third kappa shape index (κ3) is 5.15. The van der Waals surface area contributed by atoms with Crippen LogP contribution in [0.1, 0.15) is 36.5 Å². The summed E-state index contributed by atoms with van der Waals surface area (Å²) in [6.45, 7) is 6.15. The molecule has 1 aliphatic heterocycles. The second kappa shape index (κ2) is 9.97. The van der Waals surface area contributed by atoms with E-state index in [0.29, 0.717) is 18.7 Å². The van der Waals surface area contributed by atoms with Gasteiger partial charge in [-0.2, -0.15) is 0 Å². The Hall–Kier alpha value is -2.76. The molecule has 0 atom stereocenters. The predicted molar refractivity (Wildman–Crippen MR) is 113 cm³/mol. The molecule has 1 fully saturated rings. The van der Waals surface area contributed by atoms with Crippen molar-refractivity contribution in [2.24, 2.45) is 0 Å². The van der Waals surface area contributed by atoms with Crippen molar-refractivity contribution in [3.8, 4) is 5.75 Å². The summed E-state index contributed by atoms with van der Waals surface area (Å²) in [6, 6.07) is 11.7. The number of nitrogens with one attached hydrogen (secondary N) is 1. The number of anilines is 2. The minimum atomic E-state index is 0.0772. The van der Waals surface area contributed by atoms with Gasteiger partial charge in [0.05, 0.1) is 7.11 Å². The zero-order valence-electron chi connectivity index (χ0n) is 16.9. The monoisotopic (exact) mass is 382 g/mol. The second-order valence-corrected chi connectivity index (χ2v) is 7.04. The second-order valence-electron chi connectivity index (χ2n) is 7.04. The summed E-state index contributed by atoms with van der Waals surface area (Å²) < 4.78 is 5.22. The molecular formula is C22H30N4O2. The lowest BCUT2D eigenvalue weighted by Crippen LogP contribution is -2.48. The number of nitrogens with zero attached hydrogens (tertiary/aromatic N) is 3. The minimum Gasteiger partial charge on any atom is -0.497 e. The van der Waals surface area contributed by atoms with Crippen molar-refractivity contribution in [1.82, 2.24) is 9.88 Å². The van der Waals surface area contributed by atoms with Crippen LogP contribution in [-0.2, 0) is 0 Å². The maximum atomic E-state index is 12.9. The van der Waals surface area contributed by atoms with Crippen LogP contribution in [0.5, 0.6) is 5.75 Å². The molecule has 28 heavy (non-hydrogen) atoms. The van der Waals surface area contributed by atoms with E-state index in [-0.39, 0.29) is 5.91 Å². The topological polar surface area (TPSA) is 57.7 Å². The normalized spacial score (nSPS) is 14.1. The van der Waals surface area contributed by atoms with Crippen molar-refractivity contribution < 1.29 is 9.53 Å². The van der Waals surface area contributed by atoms with Gasteiger partial charge in [-0.3, -0.25) is 4.79 Å². The first kappa shape index (κ1) is 20.0. The summed E-state index contributed by atoms with van der Waals surface area (Å²) in [5.41, 5.74) is 1.86.